The van der Waals surface area contributed by atoms with Crippen LogP contribution >= 0.6 is 0 Å². The topological polar surface area (TPSA) is 93.2 Å². The number of nitrogens with one attached hydrogen (secondary N) is 2. The van der Waals surface area contributed by atoms with Gasteiger partial charge in [-0.25, -0.2) is 4.99 Å². The van der Waals surface area contributed by atoms with Gasteiger partial charge in [-0.1, -0.05) is 19.0 Å². The lowest BCUT2D eigenvalue weighted by molar-refractivity contribution is 0.368. The Morgan fingerprint density at radius 3 is 2.62 bits per heavy atom. The predicted molar refractivity (Wildman–Crippen MR) is 102 cm³/mol. The van der Waals surface area contributed by atoms with E-state index in [9.17, 15) is 0 Å². The summed E-state index contributed by atoms with van der Waals surface area (Å²) in [5.41, 5.74) is 3.36. The van der Waals surface area contributed by atoms with E-state index < -0.39 is 0 Å². The lowest BCUT2D eigenvalue weighted by Gasteiger charge is -2.10. The molecule has 144 valence electrons. The van der Waals surface area contributed by atoms with Crippen molar-refractivity contribution in [2.24, 2.45) is 12.0 Å². The molecule has 2 N–H and O–H groups in total. The van der Waals surface area contributed by atoms with Gasteiger partial charge in [0.1, 0.15) is 0 Å². The third kappa shape index (κ3) is 5.31. The van der Waals surface area contributed by atoms with Crippen LogP contribution in [0.3, 0.4) is 0 Å². The molecule has 2 aromatic rings. The molecular weight excluding hydrogens is 330 g/mol. The molecule has 0 aliphatic heterocycles. The van der Waals surface area contributed by atoms with E-state index >= 15 is 0 Å². The van der Waals surface area contributed by atoms with E-state index in [1.54, 1.807) is 0 Å². The lowest BCUT2D eigenvalue weighted by Crippen LogP contribution is -2.37. The van der Waals surface area contributed by atoms with Gasteiger partial charge >= 0.3 is 0 Å². The van der Waals surface area contributed by atoms with Crippen molar-refractivity contribution in [3.8, 4) is 0 Å². The summed E-state index contributed by atoms with van der Waals surface area (Å²) in [6.07, 6.45) is 1.65. The van der Waals surface area contributed by atoms with Crippen LogP contribution in [-0.4, -0.2) is 39.0 Å². The van der Waals surface area contributed by atoms with E-state index in [-0.39, 0.29) is 5.92 Å². The molecule has 0 aliphatic carbocycles. The Kier molecular flexibility index (Phi) is 7.17. The highest BCUT2D eigenvalue weighted by Gasteiger charge is 2.10. The molecular formula is C18H31N7O. The number of aromatic nitrogens is 4. The van der Waals surface area contributed by atoms with E-state index in [1.807, 2.05) is 18.7 Å². The maximum absolute atomic E-state index is 5.27. The summed E-state index contributed by atoms with van der Waals surface area (Å²) < 4.78 is 7.17. The highest BCUT2D eigenvalue weighted by Crippen LogP contribution is 2.13. The van der Waals surface area contributed by atoms with Crippen molar-refractivity contribution in [1.29, 1.82) is 0 Å². The molecule has 0 bridgehead atoms. The molecule has 0 fully saturated rings. The van der Waals surface area contributed by atoms with Crippen molar-refractivity contribution < 1.29 is 4.52 Å². The monoisotopic (exact) mass is 361 g/mol. The van der Waals surface area contributed by atoms with Crippen LogP contribution in [0.2, 0.25) is 0 Å². The molecule has 0 amide bonds. The van der Waals surface area contributed by atoms with Crippen molar-refractivity contribution in [1.82, 2.24) is 30.6 Å². The first-order valence-corrected chi connectivity index (χ1v) is 9.26. The zero-order valence-electron chi connectivity index (χ0n) is 16.8. The van der Waals surface area contributed by atoms with Crippen molar-refractivity contribution in [2.75, 3.05) is 13.1 Å². The number of nitrogens with zero attached hydrogens (tertiary/aromatic N) is 5. The summed E-state index contributed by atoms with van der Waals surface area (Å²) >= 11 is 0. The van der Waals surface area contributed by atoms with Crippen LogP contribution in [0.4, 0.5) is 0 Å². The second kappa shape index (κ2) is 9.35. The normalized spacial score (nSPS) is 12.0. The average Bonchev–Trinajstić information content (AvgIpc) is 3.15. The van der Waals surface area contributed by atoms with Gasteiger partial charge in [0, 0.05) is 43.7 Å². The van der Waals surface area contributed by atoms with Gasteiger partial charge in [0.25, 0.3) is 0 Å². The average molecular weight is 361 g/mol. The Morgan fingerprint density at radius 1 is 1.27 bits per heavy atom. The van der Waals surface area contributed by atoms with Crippen LogP contribution in [0.1, 0.15) is 61.8 Å². The Hall–Kier alpha value is -2.38. The Labute approximate surface area is 155 Å². The van der Waals surface area contributed by atoms with Gasteiger partial charge in [0.2, 0.25) is 5.89 Å². The molecule has 2 heterocycles. The van der Waals surface area contributed by atoms with Gasteiger partial charge in [-0.05, 0) is 27.2 Å². The first-order valence-electron chi connectivity index (χ1n) is 9.26. The Balaban J connectivity index is 1.85. The van der Waals surface area contributed by atoms with E-state index in [0.717, 1.165) is 49.1 Å². The van der Waals surface area contributed by atoms with Crippen LogP contribution in [-0.2, 0) is 20.0 Å². The molecule has 0 spiro atoms. The van der Waals surface area contributed by atoms with Crippen LogP contribution in [0.5, 0.6) is 0 Å². The van der Waals surface area contributed by atoms with Crippen LogP contribution in [0, 0.1) is 13.8 Å². The lowest BCUT2D eigenvalue weighted by atomic mass is 10.2. The molecule has 0 aliphatic rings. The van der Waals surface area contributed by atoms with E-state index in [4.69, 9.17) is 4.52 Å². The second-order valence-corrected chi connectivity index (χ2v) is 6.70. The summed E-state index contributed by atoms with van der Waals surface area (Å²) in [7, 11) is 1.96. The largest absolute Gasteiger partial charge is 0.357 e. The number of rotatable bonds is 8. The van der Waals surface area contributed by atoms with Gasteiger partial charge in [0.05, 0.1) is 12.2 Å². The molecule has 0 saturated heterocycles. The zero-order chi connectivity index (χ0) is 19.1. The van der Waals surface area contributed by atoms with Crippen molar-refractivity contribution in [3.05, 3.63) is 28.7 Å². The fourth-order valence-corrected chi connectivity index (χ4v) is 2.60. The summed E-state index contributed by atoms with van der Waals surface area (Å²) in [5, 5.41) is 15.1. The Morgan fingerprint density at radius 2 is 2.04 bits per heavy atom. The number of hydrogen-bond acceptors (Lipinski definition) is 5. The van der Waals surface area contributed by atoms with E-state index in [1.165, 1.54) is 5.56 Å². The fourth-order valence-electron chi connectivity index (χ4n) is 2.60. The van der Waals surface area contributed by atoms with Gasteiger partial charge in [0.15, 0.2) is 11.8 Å². The summed E-state index contributed by atoms with van der Waals surface area (Å²) in [6, 6.07) is 0. The number of aliphatic imine (C=N–C) groups is 1. The Bertz CT molecular complexity index is 730. The van der Waals surface area contributed by atoms with E-state index in [0.29, 0.717) is 12.4 Å². The van der Waals surface area contributed by atoms with Crippen molar-refractivity contribution in [2.45, 2.75) is 59.9 Å². The minimum absolute atomic E-state index is 0.289. The highest BCUT2D eigenvalue weighted by molar-refractivity contribution is 5.79. The fraction of sp³-hybridized carbons (Fsp3) is 0.667. The summed E-state index contributed by atoms with van der Waals surface area (Å²) in [5.74, 6) is 2.56. The molecule has 8 heteroatoms. The smallest absolute Gasteiger partial charge is 0.226 e. The van der Waals surface area contributed by atoms with Gasteiger partial charge in [-0.15, -0.1) is 0 Å². The minimum atomic E-state index is 0.289. The summed E-state index contributed by atoms with van der Waals surface area (Å²) in [4.78, 5) is 9.08. The highest BCUT2D eigenvalue weighted by atomic mass is 16.5. The first-order chi connectivity index (χ1) is 12.4. The van der Waals surface area contributed by atoms with Gasteiger partial charge in [-0.2, -0.15) is 10.1 Å². The van der Waals surface area contributed by atoms with E-state index in [2.05, 4.69) is 58.6 Å². The van der Waals surface area contributed by atoms with Crippen LogP contribution in [0.15, 0.2) is 9.52 Å². The van der Waals surface area contributed by atoms with Gasteiger partial charge in [-0.3, -0.25) is 4.68 Å². The number of hydrogen-bond donors (Lipinski definition) is 2. The third-order valence-electron chi connectivity index (χ3n) is 4.26. The molecule has 0 atom stereocenters. The van der Waals surface area contributed by atoms with Crippen molar-refractivity contribution >= 4 is 5.96 Å². The molecule has 0 saturated carbocycles. The maximum atomic E-state index is 5.27. The zero-order valence-corrected chi connectivity index (χ0v) is 16.8. The second-order valence-electron chi connectivity index (χ2n) is 6.70. The minimum Gasteiger partial charge on any atom is -0.357 e. The SMILES string of the molecule is CCNC(=NCc1c(C)nn(C)c1C)NCCCc1nc(C(C)C)no1. The molecule has 2 aromatic heterocycles. The van der Waals surface area contributed by atoms with Crippen LogP contribution in [0.25, 0.3) is 0 Å². The molecule has 8 nitrogen and oxygen atoms in total. The molecule has 2 rings (SSSR count). The molecule has 0 aromatic carbocycles. The quantitative estimate of drug-likeness (QED) is 0.425. The molecule has 0 radical (unpaired) electrons. The number of guanidine groups is 1. The van der Waals surface area contributed by atoms with Crippen molar-refractivity contribution in [3.63, 3.8) is 0 Å². The summed E-state index contributed by atoms with van der Waals surface area (Å²) in [6.45, 7) is 12.5. The van der Waals surface area contributed by atoms with Crippen LogP contribution < -0.4 is 10.6 Å². The molecule has 0 unspecified atom stereocenters. The molecule has 26 heavy (non-hydrogen) atoms. The number of aryl methyl sites for hydroxylation is 3. The predicted octanol–water partition coefficient (Wildman–Crippen LogP) is 2.23. The maximum Gasteiger partial charge on any atom is 0.226 e. The third-order valence-corrected chi connectivity index (χ3v) is 4.26. The first kappa shape index (κ1) is 19.9. The standard InChI is InChI=1S/C18H31N7O/c1-7-19-18(21-11-15-13(4)23-25(6)14(15)5)20-10-8-9-16-22-17(12(2)3)24-26-16/h12H,7-11H2,1-6H3,(H2,19,20,21). The van der Waals surface area contributed by atoms with Gasteiger partial charge < -0.3 is 15.2 Å².